The summed E-state index contributed by atoms with van der Waals surface area (Å²) in [6, 6.07) is 14.7. The van der Waals surface area contributed by atoms with Crippen LogP contribution in [0.4, 0.5) is 4.79 Å². The number of benzene rings is 2. The second kappa shape index (κ2) is 6.83. The summed E-state index contributed by atoms with van der Waals surface area (Å²) >= 11 is 0. The Morgan fingerprint density at radius 3 is 2.78 bits per heavy atom. The number of carbonyl (C=O) groups excluding carboxylic acids is 1. The van der Waals surface area contributed by atoms with Gasteiger partial charge < -0.3 is 14.8 Å². The predicted octanol–water partition coefficient (Wildman–Crippen LogP) is 2.68. The van der Waals surface area contributed by atoms with Crippen molar-refractivity contribution in [1.82, 2.24) is 14.9 Å². The van der Waals surface area contributed by atoms with Crippen LogP contribution in [-0.2, 0) is 0 Å². The number of rotatable bonds is 5. The molecule has 6 heteroatoms. The zero-order valence-corrected chi connectivity index (χ0v) is 12.7. The highest BCUT2D eigenvalue weighted by Gasteiger charge is 2.12. The summed E-state index contributed by atoms with van der Waals surface area (Å²) in [5.41, 5.74) is 1.36. The molecule has 1 N–H and O–H groups in total. The molecule has 0 radical (unpaired) electrons. The minimum atomic E-state index is -0.252. The van der Waals surface area contributed by atoms with Crippen LogP contribution >= 0.6 is 0 Å². The zero-order chi connectivity index (χ0) is 16.1. The number of hydrogen-bond donors (Lipinski definition) is 1. The normalized spacial score (nSPS) is 10.5. The third-order valence-corrected chi connectivity index (χ3v) is 3.37. The van der Waals surface area contributed by atoms with Gasteiger partial charge in [-0.2, -0.15) is 0 Å². The fourth-order valence-corrected chi connectivity index (χ4v) is 2.27. The topological polar surface area (TPSA) is 65.4 Å². The average Bonchev–Trinajstić information content (AvgIpc) is 3.03. The molecule has 0 spiro atoms. The van der Waals surface area contributed by atoms with Gasteiger partial charge in [-0.15, -0.1) is 0 Å². The molecule has 0 atom stereocenters. The largest absolute Gasteiger partial charge is 0.494 e. The monoisotopic (exact) mass is 311 g/mol. The van der Waals surface area contributed by atoms with Crippen molar-refractivity contribution in [3.05, 3.63) is 54.9 Å². The van der Waals surface area contributed by atoms with Crippen LogP contribution in [0, 0.1) is 0 Å². The van der Waals surface area contributed by atoms with Crippen molar-refractivity contribution in [2.45, 2.75) is 0 Å². The molecule has 1 aromatic heterocycles. The Hall–Kier alpha value is -3.02. The first-order chi connectivity index (χ1) is 11.3. The number of carbonyl (C=O) groups is 1. The molecule has 0 aliphatic heterocycles. The highest BCUT2D eigenvalue weighted by molar-refractivity contribution is 5.91. The first-order valence-corrected chi connectivity index (χ1v) is 7.25. The van der Waals surface area contributed by atoms with E-state index in [4.69, 9.17) is 9.47 Å². The number of imidazole rings is 1. The van der Waals surface area contributed by atoms with Gasteiger partial charge in [0.25, 0.3) is 0 Å². The van der Waals surface area contributed by atoms with Crippen LogP contribution in [0.3, 0.4) is 0 Å². The Labute approximate surface area is 133 Å². The summed E-state index contributed by atoms with van der Waals surface area (Å²) < 4.78 is 12.2. The third kappa shape index (κ3) is 3.26. The third-order valence-electron chi connectivity index (χ3n) is 3.37. The second-order valence-electron chi connectivity index (χ2n) is 4.84. The molecule has 3 aromatic rings. The summed E-state index contributed by atoms with van der Waals surface area (Å²) in [4.78, 5) is 16.5. The van der Waals surface area contributed by atoms with E-state index in [9.17, 15) is 4.79 Å². The van der Waals surface area contributed by atoms with Crippen molar-refractivity contribution in [2.75, 3.05) is 20.3 Å². The Morgan fingerprint density at radius 2 is 2.00 bits per heavy atom. The van der Waals surface area contributed by atoms with Crippen molar-refractivity contribution < 1.29 is 14.3 Å². The lowest BCUT2D eigenvalue weighted by molar-refractivity contribution is 0.238. The molecule has 1 heterocycles. The van der Waals surface area contributed by atoms with Crippen molar-refractivity contribution in [2.24, 2.45) is 0 Å². The van der Waals surface area contributed by atoms with E-state index in [0.29, 0.717) is 29.9 Å². The highest BCUT2D eigenvalue weighted by atomic mass is 16.5. The van der Waals surface area contributed by atoms with Crippen molar-refractivity contribution in [3.63, 3.8) is 0 Å². The van der Waals surface area contributed by atoms with Gasteiger partial charge in [0.05, 0.1) is 19.2 Å². The molecular formula is C17H17N3O3. The van der Waals surface area contributed by atoms with Gasteiger partial charge in [-0.25, -0.2) is 9.78 Å². The minimum absolute atomic E-state index is 0.252. The van der Waals surface area contributed by atoms with Crippen LogP contribution in [0.5, 0.6) is 11.5 Å². The van der Waals surface area contributed by atoms with E-state index in [0.717, 1.165) is 5.75 Å². The van der Waals surface area contributed by atoms with Crippen LogP contribution in [0.2, 0.25) is 0 Å². The first-order valence-electron chi connectivity index (χ1n) is 7.25. The summed E-state index contributed by atoms with van der Waals surface area (Å²) in [7, 11) is 1.58. The Kier molecular flexibility index (Phi) is 4.42. The average molecular weight is 311 g/mol. The van der Waals surface area contributed by atoms with Gasteiger partial charge in [0.2, 0.25) is 0 Å². The molecule has 6 nitrogen and oxygen atoms in total. The smallest absolute Gasteiger partial charge is 0.327 e. The lowest BCUT2D eigenvalue weighted by Crippen LogP contribution is -2.31. The predicted molar refractivity (Wildman–Crippen MR) is 87.0 cm³/mol. The molecule has 118 valence electrons. The van der Waals surface area contributed by atoms with Gasteiger partial charge in [0, 0.05) is 0 Å². The van der Waals surface area contributed by atoms with Crippen molar-refractivity contribution >= 4 is 17.1 Å². The number of aromatic nitrogens is 2. The molecule has 3 rings (SSSR count). The maximum atomic E-state index is 12.2. The molecule has 0 fully saturated rings. The number of methoxy groups -OCH3 is 1. The summed E-state index contributed by atoms with van der Waals surface area (Å²) in [5, 5.41) is 2.80. The number of nitrogens with zero attached hydrogens (tertiary/aromatic N) is 2. The SMILES string of the molecule is COc1cccc2c1ncn2C(=O)NCCOc1ccccc1. The molecule has 23 heavy (non-hydrogen) atoms. The Morgan fingerprint density at radius 1 is 1.17 bits per heavy atom. The van der Waals surface area contributed by atoms with E-state index in [1.54, 1.807) is 7.11 Å². The van der Waals surface area contributed by atoms with Gasteiger partial charge in [0.15, 0.2) is 0 Å². The quantitative estimate of drug-likeness (QED) is 0.736. The first kappa shape index (κ1) is 14.9. The number of para-hydroxylation sites is 2. The zero-order valence-electron chi connectivity index (χ0n) is 12.7. The Balaban J connectivity index is 1.60. The summed E-state index contributed by atoms with van der Waals surface area (Å²) in [5.74, 6) is 1.42. The van der Waals surface area contributed by atoms with Crippen LogP contribution in [0.1, 0.15) is 0 Å². The van der Waals surface area contributed by atoms with E-state index in [1.807, 2.05) is 48.5 Å². The van der Waals surface area contributed by atoms with Gasteiger partial charge >= 0.3 is 6.03 Å². The molecule has 0 saturated heterocycles. The highest BCUT2D eigenvalue weighted by Crippen LogP contribution is 2.23. The molecular weight excluding hydrogens is 294 g/mol. The maximum Gasteiger partial charge on any atom is 0.327 e. The number of nitrogens with one attached hydrogen (secondary N) is 1. The summed E-state index contributed by atoms with van der Waals surface area (Å²) in [6.07, 6.45) is 1.49. The van der Waals surface area contributed by atoms with Crippen molar-refractivity contribution in [3.8, 4) is 11.5 Å². The number of amides is 1. The molecule has 0 aliphatic rings. The fraction of sp³-hybridized carbons (Fsp3) is 0.176. The van der Waals surface area contributed by atoms with E-state index < -0.39 is 0 Å². The lowest BCUT2D eigenvalue weighted by Gasteiger charge is -2.08. The van der Waals surface area contributed by atoms with Gasteiger partial charge in [-0.3, -0.25) is 4.57 Å². The summed E-state index contributed by atoms with van der Waals surface area (Å²) in [6.45, 7) is 0.795. The van der Waals surface area contributed by atoms with Gasteiger partial charge in [0.1, 0.15) is 29.9 Å². The van der Waals surface area contributed by atoms with Crippen LogP contribution in [-0.4, -0.2) is 35.8 Å². The molecule has 1 amide bonds. The lowest BCUT2D eigenvalue weighted by atomic mass is 10.3. The van der Waals surface area contributed by atoms with E-state index in [2.05, 4.69) is 10.3 Å². The standard InChI is InChI=1S/C17H17N3O3/c1-22-15-9-5-8-14-16(15)19-12-20(14)17(21)18-10-11-23-13-6-3-2-4-7-13/h2-9,12H,10-11H2,1H3,(H,18,21). The van der Waals surface area contributed by atoms with Crippen LogP contribution < -0.4 is 14.8 Å². The van der Waals surface area contributed by atoms with Crippen molar-refractivity contribution in [1.29, 1.82) is 0 Å². The van der Waals surface area contributed by atoms with E-state index in [-0.39, 0.29) is 6.03 Å². The molecule has 0 bridgehead atoms. The molecule has 0 unspecified atom stereocenters. The van der Waals surface area contributed by atoms with Crippen LogP contribution in [0.25, 0.3) is 11.0 Å². The minimum Gasteiger partial charge on any atom is -0.494 e. The number of hydrogen-bond acceptors (Lipinski definition) is 4. The number of fused-ring (bicyclic) bond motifs is 1. The second-order valence-corrected chi connectivity index (χ2v) is 4.84. The van der Waals surface area contributed by atoms with Gasteiger partial charge in [-0.1, -0.05) is 24.3 Å². The molecule has 2 aromatic carbocycles. The van der Waals surface area contributed by atoms with E-state index >= 15 is 0 Å². The number of ether oxygens (including phenoxy) is 2. The Bertz CT molecular complexity index is 799. The maximum absolute atomic E-state index is 12.2. The molecule has 0 aliphatic carbocycles. The van der Waals surface area contributed by atoms with E-state index in [1.165, 1.54) is 10.9 Å². The molecule has 0 saturated carbocycles. The fourth-order valence-electron chi connectivity index (χ4n) is 2.27. The van der Waals surface area contributed by atoms with Gasteiger partial charge in [-0.05, 0) is 24.3 Å². The van der Waals surface area contributed by atoms with Crippen LogP contribution in [0.15, 0.2) is 54.9 Å².